The van der Waals surface area contributed by atoms with Gasteiger partial charge in [0.05, 0.1) is 7.11 Å². The summed E-state index contributed by atoms with van der Waals surface area (Å²) in [6.07, 6.45) is 2.38. The Bertz CT molecular complexity index is 420. The number of methoxy groups -OCH3 is 1. The van der Waals surface area contributed by atoms with Crippen LogP contribution in [0.25, 0.3) is 0 Å². The van der Waals surface area contributed by atoms with Gasteiger partial charge in [0.2, 0.25) is 0 Å². The Labute approximate surface area is 111 Å². The first-order valence-electron chi connectivity index (χ1n) is 6.28. The summed E-state index contributed by atoms with van der Waals surface area (Å²) >= 11 is 0. The molecule has 0 fully saturated rings. The second-order valence-corrected chi connectivity index (χ2v) is 4.42. The molecule has 4 nitrogen and oxygen atoms in total. The largest absolute Gasteiger partial charge is 0.505 e. The number of phenols is 1. The quantitative estimate of drug-likeness (QED) is 0.588. The number of carbonyl (C=O) groups excluding carboxylic acids is 1. The Hall–Kier alpha value is -1.62. The average molecular weight is 270 g/mol. The van der Waals surface area contributed by atoms with Gasteiger partial charge < -0.3 is 14.9 Å². The number of aliphatic hydroxyl groups excluding tert-OH is 1. The molecule has 1 rings (SSSR count). The van der Waals surface area contributed by atoms with Crippen LogP contribution in [0.3, 0.4) is 0 Å². The van der Waals surface area contributed by atoms with Crippen molar-refractivity contribution in [1.29, 1.82) is 0 Å². The molecule has 0 saturated heterocycles. The van der Waals surface area contributed by atoms with Crippen LogP contribution < -0.4 is 0 Å². The third-order valence-electron chi connectivity index (χ3n) is 2.93. The van der Waals surface area contributed by atoms with E-state index >= 15 is 0 Å². The van der Waals surface area contributed by atoms with Gasteiger partial charge in [0, 0.05) is 0 Å². The molecule has 1 unspecified atom stereocenters. The lowest BCUT2D eigenvalue weighted by atomic mass is 10.0. The fourth-order valence-corrected chi connectivity index (χ4v) is 1.80. The first-order chi connectivity index (χ1) is 9.04. The number of benzene rings is 1. The normalized spacial score (nSPS) is 12.2. The molecule has 0 aromatic heterocycles. The number of phenolic OH excluding ortho intramolecular Hbond substituents is 1. The highest BCUT2D eigenvalue weighted by atomic mass is 19.1. The Balaban J connectivity index is 2.20. The molecule has 0 aliphatic rings. The lowest BCUT2D eigenvalue weighted by molar-refractivity contribution is -0.150. The first-order valence-corrected chi connectivity index (χ1v) is 6.28. The number of aryl methyl sites for hydroxylation is 1. The summed E-state index contributed by atoms with van der Waals surface area (Å²) in [5, 5.41) is 18.4. The topological polar surface area (TPSA) is 66.8 Å². The molecule has 1 atom stereocenters. The summed E-state index contributed by atoms with van der Waals surface area (Å²) in [5.41, 5.74) is 0.823. The summed E-state index contributed by atoms with van der Waals surface area (Å²) in [5.74, 6) is -1.57. The molecule has 1 aromatic carbocycles. The zero-order valence-corrected chi connectivity index (χ0v) is 10.9. The minimum absolute atomic E-state index is 0.343. The van der Waals surface area contributed by atoms with E-state index in [9.17, 15) is 14.3 Å². The van der Waals surface area contributed by atoms with E-state index < -0.39 is 17.9 Å². The van der Waals surface area contributed by atoms with Gasteiger partial charge in [-0.05, 0) is 37.0 Å². The van der Waals surface area contributed by atoms with E-state index in [-0.39, 0.29) is 5.75 Å². The monoisotopic (exact) mass is 270 g/mol. The molecular formula is C14H19FO4. The number of hydrogen-bond acceptors (Lipinski definition) is 4. The Morgan fingerprint density at radius 2 is 2.11 bits per heavy atom. The van der Waals surface area contributed by atoms with Gasteiger partial charge in [-0.3, -0.25) is 0 Å². The van der Waals surface area contributed by atoms with Crippen molar-refractivity contribution in [3.05, 3.63) is 29.6 Å². The maximum atomic E-state index is 13.1. The number of halogens is 1. The van der Waals surface area contributed by atoms with Crippen LogP contribution in [-0.2, 0) is 16.0 Å². The Morgan fingerprint density at radius 1 is 1.37 bits per heavy atom. The van der Waals surface area contributed by atoms with E-state index in [1.165, 1.54) is 19.2 Å². The van der Waals surface area contributed by atoms with Crippen molar-refractivity contribution in [3.63, 3.8) is 0 Å². The summed E-state index contributed by atoms with van der Waals surface area (Å²) < 4.78 is 17.5. The number of hydrogen-bond donors (Lipinski definition) is 2. The van der Waals surface area contributed by atoms with Crippen LogP contribution in [0.2, 0.25) is 0 Å². The zero-order chi connectivity index (χ0) is 14.3. The van der Waals surface area contributed by atoms with Gasteiger partial charge >= 0.3 is 5.97 Å². The van der Waals surface area contributed by atoms with E-state index in [0.29, 0.717) is 19.3 Å². The SMILES string of the molecule is COC(=O)C(O)CCCCCc1ccc(O)c(F)c1. The fraction of sp³-hybridized carbons (Fsp3) is 0.500. The van der Waals surface area contributed by atoms with Crippen LogP contribution in [0.15, 0.2) is 18.2 Å². The van der Waals surface area contributed by atoms with Crippen molar-refractivity contribution in [2.45, 2.75) is 38.2 Å². The number of rotatable bonds is 7. The molecule has 19 heavy (non-hydrogen) atoms. The van der Waals surface area contributed by atoms with E-state index in [1.807, 2.05) is 0 Å². The predicted octanol–water partition coefficient (Wildman–Crippen LogP) is 2.17. The van der Waals surface area contributed by atoms with E-state index in [0.717, 1.165) is 18.4 Å². The van der Waals surface area contributed by atoms with Gasteiger partial charge in [0.25, 0.3) is 0 Å². The van der Waals surface area contributed by atoms with Crippen LogP contribution in [0.5, 0.6) is 5.75 Å². The van der Waals surface area contributed by atoms with Crippen molar-refractivity contribution in [1.82, 2.24) is 0 Å². The van der Waals surface area contributed by atoms with Gasteiger partial charge in [-0.15, -0.1) is 0 Å². The number of esters is 1. The molecular weight excluding hydrogens is 251 g/mol. The van der Waals surface area contributed by atoms with Crippen LogP contribution in [0, 0.1) is 5.82 Å². The Morgan fingerprint density at radius 3 is 2.74 bits per heavy atom. The third kappa shape index (κ3) is 5.26. The predicted molar refractivity (Wildman–Crippen MR) is 68.3 cm³/mol. The number of unbranched alkanes of at least 4 members (excludes halogenated alkanes) is 2. The van der Waals surface area contributed by atoms with Crippen molar-refractivity contribution >= 4 is 5.97 Å². The Kier molecular flexibility index (Phi) is 6.29. The van der Waals surface area contributed by atoms with Crippen molar-refractivity contribution in [2.75, 3.05) is 7.11 Å². The van der Waals surface area contributed by atoms with Crippen LogP contribution in [-0.4, -0.2) is 29.4 Å². The summed E-state index contributed by atoms with van der Waals surface area (Å²) in [6, 6.07) is 4.34. The zero-order valence-electron chi connectivity index (χ0n) is 10.9. The van der Waals surface area contributed by atoms with Gasteiger partial charge in [0.15, 0.2) is 17.7 Å². The summed E-state index contributed by atoms with van der Waals surface area (Å²) in [6.45, 7) is 0. The lowest BCUT2D eigenvalue weighted by Crippen LogP contribution is -2.21. The van der Waals surface area contributed by atoms with Crippen molar-refractivity contribution in [2.24, 2.45) is 0 Å². The van der Waals surface area contributed by atoms with Crippen LogP contribution >= 0.6 is 0 Å². The molecule has 106 valence electrons. The molecule has 0 heterocycles. The number of ether oxygens (including phenoxy) is 1. The number of aliphatic hydroxyl groups is 1. The first kappa shape index (κ1) is 15.4. The van der Waals surface area contributed by atoms with E-state index in [1.54, 1.807) is 6.07 Å². The second kappa shape index (κ2) is 7.74. The highest BCUT2D eigenvalue weighted by Gasteiger charge is 2.13. The molecule has 0 aliphatic heterocycles. The highest BCUT2D eigenvalue weighted by Crippen LogP contribution is 2.18. The fourth-order valence-electron chi connectivity index (χ4n) is 1.80. The number of aromatic hydroxyl groups is 1. The summed E-state index contributed by atoms with van der Waals surface area (Å²) in [7, 11) is 1.24. The molecule has 0 saturated carbocycles. The molecule has 0 amide bonds. The minimum Gasteiger partial charge on any atom is -0.505 e. The standard InChI is InChI=1S/C14H19FO4/c1-19-14(18)13(17)6-4-2-3-5-10-7-8-12(16)11(15)9-10/h7-9,13,16-17H,2-6H2,1H3. The van der Waals surface area contributed by atoms with E-state index in [2.05, 4.69) is 4.74 Å². The number of carbonyl (C=O) groups is 1. The maximum absolute atomic E-state index is 13.1. The molecule has 0 bridgehead atoms. The summed E-state index contributed by atoms with van der Waals surface area (Å²) in [4.78, 5) is 10.9. The molecule has 0 radical (unpaired) electrons. The van der Waals surface area contributed by atoms with Gasteiger partial charge in [0.1, 0.15) is 0 Å². The van der Waals surface area contributed by atoms with Gasteiger partial charge in [-0.25, -0.2) is 9.18 Å². The molecule has 2 N–H and O–H groups in total. The third-order valence-corrected chi connectivity index (χ3v) is 2.93. The van der Waals surface area contributed by atoms with Crippen molar-refractivity contribution in [3.8, 4) is 5.75 Å². The molecule has 1 aromatic rings. The average Bonchev–Trinajstić information content (AvgIpc) is 2.41. The van der Waals surface area contributed by atoms with Gasteiger partial charge in [-0.1, -0.05) is 18.9 Å². The minimum atomic E-state index is -1.06. The molecule has 5 heteroatoms. The van der Waals surface area contributed by atoms with Crippen LogP contribution in [0.1, 0.15) is 31.2 Å². The maximum Gasteiger partial charge on any atom is 0.334 e. The second-order valence-electron chi connectivity index (χ2n) is 4.42. The smallest absolute Gasteiger partial charge is 0.334 e. The van der Waals surface area contributed by atoms with Crippen molar-refractivity contribution < 1.29 is 24.1 Å². The molecule has 0 spiro atoms. The van der Waals surface area contributed by atoms with Gasteiger partial charge in [-0.2, -0.15) is 0 Å². The lowest BCUT2D eigenvalue weighted by Gasteiger charge is -2.07. The van der Waals surface area contributed by atoms with E-state index in [4.69, 9.17) is 5.11 Å². The van der Waals surface area contributed by atoms with Crippen LogP contribution in [0.4, 0.5) is 4.39 Å². The molecule has 0 aliphatic carbocycles. The highest BCUT2D eigenvalue weighted by molar-refractivity contribution is 5.74.